The first-order valence-corrected chi connectivity index (χ1v) is 8.30. The number of amides is 1. The Bertz CT molecular complexity index is 835. The Morgan fingerprint density at radius 3 is 2.52 bits per heavy atom. The lowest BCUT2D eigenvalue weighted by molar-refractivity contribution is 0.0939. The molecule has 0 spiro atoms. The molecule has 0 unspecified atom stereocenters. The molecule has 6 nitrogen and oxygen atoms in total. The second-order valence-corrected chi connectivity index (χ2v) is 5.86. The van der Waals surface area contributed by atoms with Gasteiger partial charge in [0.25, 0.3) is 5.91 Å². The zero-order valence-electron chi connectivity index (χ0n) is 14.6. The molecule has 1 N–H and O–H groups in total. The molecule has 0 saturated carbocycles. The van der Waals surface area contributed by atoms with E-state index < -0.39 is 0 Å². The van der Waals surface area contributed by atoms with Crippen molar-refractivity contribution < 1.29 is 9.53 Å². The van der Waals surface area contributed by atoms with Gasteiger partial charge in [0.05, 0.1) is 19.0 Å². The van der Waals surface area contributed by atoms with Crippen LogP contribution in [-0.4, -0.2) is 33.4 Å². The lowest BCUT2D eigenvalue weighted by Crippen LogP contribution is -2.32. The Kier molecular flexibility index (Phi) is 4.88. The monoisotopic (exact) mass is 338 g/mol. The minimum absolute atomic E-state index is 0.106. The van der Waals surface area contributed by atoms with Crippen molar-refractivity contribution in [3.05, 3.63) is 60.6 Å². The molecular weight excluding hydrogens is 316 g/mol. The summed E-state index contributed by atoms with van der Waals surface area (Å²) in [4.78, 5) is 12.7. The third kappa shape index (κ3) is 3.42. The number of aromatic nitrogens is 3. The smallest absolute Gasteiger partial charge is 0.256 e. The molecule has 0 bridgehead atoms. The average Bonchev–Trinajstić information content (AvgIpc) is 3.30. The van der Waals surface area contributed by atoms with Gasteiger partial charge in [0.1, 0.15) is 11.3 Å². The van der Waals surface area contributed by atoms with Gasteiger partial charge in [-0.05, 0) is 49.7 Å². The van der Waals surface area contributed by atoms with Crippen molar-refractivity contribution in [1.29, 1.82) is 0 Å². The van der Waals surface area contributed by atoms with Gasteiger partial charge in [0.2, 0.25) is 0 Å². The Labute approximate surface area is 147 Å². The zero-order valence-corrected chi connectivity index (χ0v) is 14.6. The highest BCUT2D eigenvalue weighted by Gasteiger charge is 2.20. The Morgan fingerprint density at radius 2 is 1.92 bits per heavy atom. The predicted octanol–water partition coefficient (Wildman–Crippen LogP) is 3.20. The molecule has 0 aliphatic carbocycles. The van der Waals surface area contributed by atoms with Gasteiger partial charge in [-0.25, -0.2) is 4.68 Å². The van der Waals surface area contributed by atoms with Crippen LogP contribution >= 0.6 is 0 Å². The van der Waals surface area contributed by atoms with Gasteiger partial charge in [0, 0.05) is 18.4 Å². The largest absolute Gasteiger partial charge is 0.497 e. The van der Waals surface area contributed by atoms with E-state index in [4.69, 9.17) is 4.74 Å². The van der Waals surface area contributed by atoms with Gasteiger partial charge >= 0.3 is 0 Å². The predicted molar refractivity (Wildman–Crippen MR) is 96.7 cm³/mol. The van der Waals surface area contributed by atoms with E-state index in [0.717, 1.165) is 17.9 Å². The maximum absolute atomic E-state index is 12.7. The lowest BCUT2D eigenvalue weighted by Gasteiger charge is -2.14. The average molecular weight is 338 g/mol. The molecule has 130 valence electrons. The number of rotatable bonds is 6. The summed E-state index contributed by atoms with van der Waals surface area (Å²) < 4.78 is 8.85. The highest BCUT2D eigenvalue weighted by Crippen LogP contribution is 2.22. The quantitative estimate of drug-likeness (QED) is 0.751. The van der Waals surface area contributed by atoms with Crippen molar-refractivity contribution in [2.45, 2.75) is 26.3 Å². The maximum atomic E-state index is 12.7. The molecule has 25 heavy (non-hydrogen) atoms. The number of hydrogen-bond donors (Lipinski definition) is 1. The van der Waals surface area contributed by atoms with Crippen molar-refractivity contribution in [3.8, 4) is 17.3 Å². The van der Waals surface area contributed by atoms with Crippen LogP contribution in [0.4, 0.5) is 0 Å². The van der Waals surface area contributed by atoms with Crippen molar-refractivity contribution >= 4 is 5.91 Å². The third-order valence-electron chi connectivity index (χ3n) is 4.14. The van der Waals surface area contributed by atoms with E-state index in [2.05, 4.69) is 10.4 Å². The van der Waals surface area contributed by atoms with Crippen molar-refractivity contribution in [2.75, 3.05) is 7.11 Å². The van der Waals surface area contributed by atoms with E-state index in [0.29, 0.717) is 11.4 Å². The van der Waals surface area contributed by atoms with Crippen molar-refractivity contribution in [2.24, 2.45) is 0 Å². The molecule has 0 aliphatic rings. The second kappa shape index (κ2) is 7.25. The molecule has 0 radical (unpaired) electrons. The molecule has 3 aromatic rings. The molecule has 0 fully saturated rings. The summed E-state index contributed by atoms with van der Waals surface area (Å²) in [6.45, 7) is 4.03. The highest BCUT2D eigenvalue weighted by atomic mass is 16.5. The molecule has 0 saturated heterocycles. The Hall–Kier alpha value is -3.02. The third-order valence-corrected chi connectivity index (χ3v) is 4.14. The van der Waals surface area contributed by atoms with Crippen LogP contribution in [0, 0.1) is 0 Å². The molecule has 6 heteroatoms. The summed E-state index contributed by atoms with van der Waals surface area (Å²) >= 11 is 0. The normalized spacial score (nSPS) is 12.0. The molecular formula is C19H22N4O2. The van der Waals surface area contributed by atoms with Crippen LogP contribution in [0.2, 0.25) is 0 Å². The van der Waals surface area contributed by atoms with E-state index in [1.807, 2.05) is 67.2 Å². The SMILES string of the molecule is CC[C@@H](C)NC(=O)c1cnn(-c2ccc(OC)cc2)c1-n1cccc1. The lowest BCUT2D eigenvalue weighted by atomic mass is 10.2. The number of methoxy groups -OCH3 is 1. The first-order chi connectivity index (χ1) is 12.1. The van der Waals surface area contributed by atoms with Gasteiger partial charge in [-0.2, -0.15) is 5.10 Å². The van der Waals surface area contributed by atoms with Crippen LogP contribution in [0.25, 0.3) is 11.5 Å². The summed E-state index contributed by atoms with van der Waals surface area (Å²) in [6.07, 6.45) is 6.28. The summed E-state index contributed by atoms with van der Waals surface area (Å²) in [5.74, 6) is 1.35. The first-order valence-electron chi connectivity index (χ1n) is 8.30. The number of nitrogens with one attached hydrogen (secondary N) is 1. The standard InChI is InChI=1S/C19H22N4O2/c1-4-14(2)21-18(24)17-13-20-23(19(17)22-11-5-6-12-22)15-7-9-16(25-3)10-8-15/h5-14H,4H2,1-3H3,(H,21,24)/t14-/m1/s1. The number of ether oxygens (including phenoxy) is 1. The van der Waals surface area contributed by atoms with E-state index in [-0.39, 0.29) is 11.9 Å². The van der Waals surface area contributed by atoms with Crippen LogP contribution < -0.4 is 10.1 Å². The number of carbonyl (C=O) groups excluding carboxylic acids is 1. The minimum Gasteiger partial charge on any atom is -0.497 e. The molecule has 2 heterocycles. The fourth-order valence-corrected chi connectivity index (χ4v) is 2.54. The topological polar surface area (TPSA) is 61.1 Å². The van der Waals surface area contributed by atoms with Crippen molar-refractivity contribution in [3.63, 3.8) is 0 Å². The maximum Gasteiger partial charge on any atom is 0.256 e. The number of nitrogens with zero attached hydrogens (tertiary/aromatic N) is 3. The van der Waals surface area contributed by atoms with Crippen LogP contribution in [-0.2, 0) is 0 Å². The van der Waals surface area contributed by atoms with E-state index in [1.54, 1.807) is 18.0 Å². The van der Waals surface area contributed by atoms with E-state index >= 15 is 0 Å². The number of benzene rings is 1. The Balaban J connectivity index is 2.05. The van der Waals surface area contributed by atoms with Crippen LogP contribution in [0.15, 0.2) is 55.0 Å². The van der Waals surface area contributed by atoms with Gasteiger partial charge in [0.15, 0.2) is 5.82 Å². The Morgan fingerprint density at radius 1 is 1.24 bits per heavy atom. The zero-order chi connectivity index (χ0) is 17.8. The number of hydrogen-bond acceptors (Lipinski definition) is 3. The van der Waals surface area contributed by atoms with E-state index in [9.17, 15) is 4.79 Å². The second-order valence-electron chi connectivity index (χ2n) is 5.86. The van der Waals surface area contributed by atoms with Gasteiger partial charge in [-0.3, -0.25) is 4.79 Å². The molecule has 1 aromatic carbocycles. The molecule has 0 aliphatic heterocycles. The molecule has 1 amide bonds. The summed E-state index contributed by atoms with van der Waals surface area (Å²) in [6, 6.07) is 11.5. The summed E-state index contributed by atoms with van der Waals surface area (Å²) in [5, 5.41) is 7.45. The summed E-state index contributed by atoms with van der Waals surface area (Å²) in [7, 11) is 1.63. The van der Waals surface area contributed by atoms with E-state index in [1.165, 1.54) is 0 Å². The highest BCUT2D eigenvalue weighted by molar-refractivity contribution is 5.97. The molecule has 3 rings (SSSR count). The first kappa shape index (κ1) is 16.8. The summed E-state index contributed by atoms with van der Waals surface area (Å²) in [5.41, 5.74) is 1.39. The van der Waals surface area contributed by atoms with Gasteiger partial charge < -0.3 is 14.6 Å². The van der Waals surface area contributed by atoms with Crippen LogP contribution in [0.3, 0.4) is 0 Å². The van der Waals surface area contributed by atoms with Crippen LogP contribution in [0.1, 0.15) is 30.6 Å². The van der Waals surface area contributed by atoms with Crippen molar-refractivity contribution in [1.82, 2.24) is 19.7 Å². The molecule has 1 atom stereocenters. The van der Waals surface area contributed by atoms with Gasteiger partial charge in [-0.1, -0.05) is 6.92 Å². The molecule has 2 aromatic heterocycles. The fraction of sp³-hybridized carbons (Fsp3) is 0.263. The number of carbonyl (C=O) groups is 1. The fourth-order valence-electron chi connectivity index (χ4n) is 2.54. The van der Waals surface area contributed by atoms with Crippen LogP contribution in [0.5, 0.6) is 5.75 Å². The van der Waals surface area contributed by atoms with Gasteiger partial charge in [-0.15, -0.1) is 0 Å². The minimum atomic E-state index is -0.127.